The maximum atomic E-state index is 11.9. The number of carboxylic acids is 1. The molecule has 0 bridgehead atoms. The Kier molecular flexibility index (Phi) is 3.76. The standard InChI is InChI=1S/C12H8N2O5S/c15-11(7-5-10(14(18)19)20-6-7)13-9-4-2-1-3-8(9)12(16)17/h1-6H,(H,13,15)(H,16,17). The molecule has 102 valence electrons. The average Bonchev–Trinajstić information content (AvgIpc) is 2.89. The number of nitro groups is 1. The van der Waals surface area contributed by atoms with Gasteiger partial charge in [0.1, 0.15) is 0 Å². The minimum atomic E-state index is -1.17. The lowest BCUT2D eigenvalue weighted by molar-refractivity contribution is -0.380. The molecule has 1 aromatic heterocycles. The Labute approximate surface area is 116 Å². The fourth-order valence-corrected chi connectivity index (χ4v) is 2.22. The molecule has 0 saturated heterocycles. The summed E-state index contributed by atoms with van der Waals surface area (Å²) < 4.78 is 0. The molecule has 1 heterocycles. The lowest BCUT2D eigenvalue weighted by atomic mass is 10.1. The first-order chi connectivity index (χ1) is 9.49. The van der Waals surface area contributed by atoms with E-state index < -0.39 is 16.8 Å². The number of hydrogen-bond donors (Lipinski definition) is 2. The second kappa shape index (κ2) is 5.49. The number of para-hydroxylation sites is 1. The minimum Gasteiger partial charge on any atom is -0.478 e. The molecule has 1 aromatic carbocycles. The van der Waals surface area contributed by atoms with Crippen LogP contribution in [0.2, 0.25) is 0 Å². The second-order valence-electron chi connectivity index (χ2n) is 3.74. The quantitative estimate of drug-likeness (QED) is 0.665. The van der Waals surface area contributed by atoms with Gasteiger partial charge in [-0.3, -0.25) is 14.9 Å². The van der Waals surface area contributed by atoms with Crippen LogP contribution in [-0.4, -0.2) is 21.9 Å². The first kappa shape index (κ1) is 13.7. The third-order valence-corrected chi connectivity index (χ3v) is 3.31. The van der Waals surface area contributed by atoms with E-state index in [4.69, 9.17) is 5.11 Å². The van der Waals surface area contributed by atoms with Crippen LogP contribution in [0.3, 0.4) is 0 Å². The Morgan fingerprint density at radius 2 is 2.00 bits per heavy atom. The molecule has 7 nitrogen and oxygen atoms in total. The molecule has 0 aliphatic carbocycles. The fourth-order valence-electron chi connectivity index (χ4n) is 1.51. The summed E-state index contributed by atoms with van der Waals surface area (Å²) in [6.07, 6.45) is 0. The van der Waals surface area contributed by atoms with Gasteiger partial charge in [0.05, 0.1) is 21.7 Å². The van der Waals surface area contributed by atoms with Crippen molar-refractivity contribution < 1.29 is 19.6 Å². The van der Waals surface area contributed by atoms with Crippen molar-refractivity contribution in [1.29, 1.82) is 0 Å². The molecule has 0 unspecified atom stereocenters. The molecule has 0 aliphatic heterocycles. The van der Waals surface area contributed by atoms with E-state index in [0.717, 1.165) is 17.4 Å². The number of carbonyl (C=O) groups excluding carboxylic acids is 1. The van der Waals surface area contributed by atoms with Gasteiger partial charge in [-0.25, -0.2) is 4.79 Å². The predicted octanol–water partition coefficient (Wildman–Crippen LogP) is 2.61. The van der Waals surface area contributed by atoms with Crippen molar-refractivity contribution in [2.45, 2.75) is 0 Å². The number of hydrogen-bond acceptors (Lipinski definition) is 5. The molecule has 20 heavy (non-hydrogen) atoms. The molecular weight excluding hydrogens is 284 g/mol. The van der Waals surface area contributed by atoms with E-state index in [1.807, 2.05) is 0 Å². The lowest BCUT2D eigenvalue weighted by Gasteiger charge is -2.06. The number of amides is 1. The molecule has 0 spiro atoms. The molecule has 2 N–H and O–H groups in total. The van der Waals surface area contributed by atoms with Gasteiger partial charge < -0.3 is 10.4 Å². The van der Waals surface area contributed by atoms with Gasteiger partial charge in [-0.2, -0.15) is 0 Å². The van der Waals surface area contributed by atoms with Gasteiger partial charge in [0.25, 0.3) is 5.91 Å². The zero-order valence-corrected chi connectivity index (χ0v) is 10.7. The van der Waals surface area contributed by atoms with Crippen molar-refractivity contribution in [3.63, 3.8) is 0 Å². The predicted molar refractivity (Wildman–Crippen MR) is 72.3 cm³/mol. The SMILES string of the molecule is O=C(Nc1ccccc1C(=O)O)c1csc([N+](=O)[O-])c1. The van der Waals surface area contributed by atoms with Crippen molar-refractivity contribution in [3.8, 4) is 0 Å². The zero-order valence-electron chi connectivity index (χ0n) is 9.90. The van der Waals surface area contributed by atoms with E-state index >= 15 is 0 Å². The molecule has 0 saturated carbocycles. The Balaban J connectivity index is 2.23. The van der Waals surface area contributed by atoms with Crippen LogP contribution < -0.4 is 5.32 Å². The molecule has 2 aromatic rings. The Hall–Kier alpha value is -2.74. The lowest BCUT2D eigenvalue weighted by Crippen LogP contribution is -2.14. The highest BCUT2D eigenvalue weighted by Gasteiger charge is 2.17. The van der Waals surface area contributed by atoms with Crippen LogP contribution in [0.4, 0.5) is 10.7 Å². The number of benzene rings is 1. The minimum absolute atomic E-state index is 0.0504. The number of nitrogens with one attached hydrogen (secondary N) is 1. The highest BCUT2D eigenvalue weighted by molar-refractivity contribution is 7.13. The highest BCUT2D eigenvalue weighted by atomic mass is 32.1. The van der Waals surface area contributed by atoms with Gasteiger partial charge in [0.15, 0.2) is 0 Å². The fraction of sp³-hybridized carbons (Fsp3) is 0. The van der Waals surface area contributed by atoms with Crippen molar-refractivity contribution in [3.05, 3.63) is 57.0 Å². The molecule has 0 fully saturated rings. The first-order valence-electron chi connectivity index (χ1n) is 5.35. The molecule has 2 rings (SSSR count). The summed E-state index contributed by atoms with van der Waals surface area (Å²) in [4.78, 5) is 32.9. The van der Waals surface area contributed by atoms with Gasteiger partial charge >= 0.3 is 11.0 Å². The molecule has 8 heteroatoms. The molecule has 0 radical (unpaired) electrons. The zero-order chi connectivity index (χ0) is 14.7. The highest BCUT2D eigenvalue weighted by Crippen LogP contribution is 2.24. The summed E-state index contributed by atoms with van der Waals surface area (Å²) in [6, 6.07) is 7.06. The largest absolute Gasteiger partial charge is 0.478 e. The van der Waals surface area contributed by atoms with E-state index in [1.165, 1.54) is 23.6 Å². The van der Waals surface area contributed by atoms with Crippen molar-refractivity contribution in [2.24, 2.45) is 0 Å². The van der Waals surface area contributed by atoms with Crippen LogP contribution in [0.25, 0.3) is 0 Å². The van der Waals surface area contributed by atoms with Gasteiger partial charge in [0, 0.05) is 11.4 Å². The summed E-state index contributed by atoms with van der Waals surface area (Å²) in [6.45, 7) is 0. The van der Waals surface area contributed by atoms with E-state index in [-0.39, 0.29) is 21.8 Å². The first-order valence-corrected chi connectivity index (χ1v) is 6.23. The van der Waals surface area contributed by atoms with Gasteiger partial charge in [0.2, 0.25) is 0 Å². The van der Waals surface area contributed by atoms with E-state index in [2.05, 4.69) is 5.32 Å². The third-order valence-electron chi connectivity index (χ3n) is 2.43. The van der Waals surface area contributed by atoms with E-state index in [1.54, 1.807) is 6.07 Å². The summed E-state index contributed by atoms with van der Waals surface area (Å²) in [5.41, 5.74) is 0.200. The van der Waals surface area contributed by atoms with Crippen LogP contribution in [0.15, 0.2) is 35.7 Å². The molecule has 0 aliphatic rings. The van der Waals surface area contributed by atoms with E-state index in [9.17, 15) is 19.7 Å². The van der Waals surface area contributed by atoms with E-state index in [0.29, 0.717) is 0 Å². The number of thiophene rings is 1. The number of rotatable bonds is 4. The summed E-state index contributed by atoms with van der Waals surface area (Å²) in [5.74, 6) is -1.76. The van der Waals surface area contributed by atoms with Crippen LogP contribution in [0, 0.1) is 10.1 Å². The number of carboxylic acid groups (broad SMARTS) is 1. The summed E-state index contributed by atoms with van der Waals surface area (Å²) in [7, 11) is 0. The third kappa shape index (κ3) is 2.81. The summed E-state index contributed by atoms with van der Waals surface area (Å²) >= 11 is 0.831. The van der Waals surface area contributed by atoms with Crippen LogP contribution in [0.1, 0.15) is 20.7 Å². The number of anilines is 1. The van der Waals surface area contributed by atoms with Crippen LogP contribution in [0.5, 0.6) is 0 Å². The van der Waals surface area contributed by atoms with Crippen molar-refractivity contribution in [1.82, 2.24) is 0 Å². The topological polar surface area (TPSA) is 110 Å². The number of aromatic carboxylic acids is 1. The smallest absolute Gasteiger partial charge is 0.337 e. The Bertz CT molecular complexity index is 695. The van der Waals surface area contributed by atoms with Crippen LogP contribution >= 0.6 is 11.3 Å². The molecule has 1 amide bonds. The van der Waals surface area contributed by atoms with Crippen LogP contribution in [-0.2, 0) is 0 Å². The monoisotopic (exact) mass is 292 g/mol. The van der Waals surface area contributed by atoms with Gasteiger partial charge in [-0.15, -0.1) is 0 Å². The average molecular weight is 292 g/mol. The normalized spacial score (nSPS) is 10.0. The number of nitrogens with zero attached hydrogens (tertiary/aromatic N) is 1. The summed E-state index contributed by atoms with van der Waals surface area (Å²) in [5, 5.41) is 23.2. The Morgan fingerprint density at radius 3 is 2.60 bits per heavy atom. The van der Waals surface area contributed by atoms with Gasteiger partial charge in [-0.05, 0) is 12.1 Å². The second-order valence-corrected chi connectivity index (χ2v) is 4.63. The maximum Gasteiger partial charge on any atom is 0.337 e. The maximum absolute atomic E-state index is 11.9. The number of carbonyl (C=O) groups is 2. The molecule has 0 atom stereocenters. The van der Waals surface area contributed by atoms with Crippen molar-refractivity contribution >= 4 is 33.9 Å². The molecular formula is C12H8N2O5S. The van der Waals surface area contributed by atoms with Crippen molar-refractivity contribution in [2.75, 3.05) is 5.32 Å². The Morgan fingerprint density at radius 1 is 1.30 bits per heavy atom. The van der Waals surface area contributed by atoms with Gasteiger partial charge in [-0.1, -0.05) is 23.5 Å².